The van der Waals surface area contributed by atoms with Crippen molar-refractivity contribution in [2.24, 2.45) is 0 Å². The monoisotopic (exact) mass is 510 g/mol. The lowest BCUT2D eigenvalue weighted by Gasteiger charge is -2.33. The van der Waals surface area contributed by atoms with Crippen LogP contribution in [0.25, 0.3) is 22.8 Å². The largest absolute Gasteiger partial charge is 0.377 e. The zero-order chi connectivity index (χ0) is 25.7. The van der Waals surface area contributed by atoms with Crippen molar-refractivity contribution in [3.8, 4) is 22.8 Å². The van der Waals surface area contributed by atoms with Crippen molar-refractivity contribution in [2.75, 3.05) is 42.8 Å². The number of benzene rings is 2. The molecular weight excluding hydrogens is 480 g/mol. The van der Waals surface area contributed by atoms with Gasteiger partial charge in [0.1, 0.15) is 0 Å². The molecule has 190 valence electrons. The van der Waals surface area contributed by atoms with Crippen molar-refractivity contribution in [3.63, 3.8) is 0 Å². The molecule has 3 aromatic rings. The molecule has 11 heteroatoms. The van der Waals surface area contributed by atoms with Crippen LogP contribution in [0.15, 0.2) is 53.4 Å². The number of ether oxygens (including phenoxy) is 1. The summed E-state index contributed by atoms with van der Waals surface area (Å²) in [6.07, 6.45) is 2.02. The van der Waals surface area contributed by atoms with E-state index in [0.29, 0.717) is 54.9 Å². The molecule has 0 saturated carbocycles. The van der Waals surface area contributed by atoms with E-state index in [9.17, 15) is 13.2 Å². The van der Waals surface area contributed by atoms with Gasteiger partial charge in [0, 0.05) is 36.2 Å². The van der Waals surface area contributed by atoms with E-state index < -0.39 is 9.84 Å². The third-order valence-corrected chi connectivity index (χ3v) is 6.87. The Morgan fingerprint density at radius 2 is 1.81 bits per heavy atom. The van der Waals surface area contributed by atoms with Crippen LogP contribution in [0, 0.1) is 0 Å². The van der Waals surface area contributed by atoms with Crippen LogP contribution in [0.1, 0.15) is 20.3 Å². The van der Waals surface area contributed by atoms with Gasteiger partial charge in [0.2, 0.25) is 5.95 Å². The average molecular weight is 511 g/mol. The van der Waals surface area contributed by atoms with Gasteiger partial charge in [-0.15, -0.1) is 0 Å². The highest BCUT2D eigenvalue weighted by Crippen LogP contribution is 2.29. The second-order valence-electron chi connectivity index (χ2n) is 8.63. The van der Waals surface area contributed by atoms with E-state index in [1.165, 1.54) is 6.26 Å². The van der Waals surface area contributed by atoms with Crippen molar-refractivity contribution in [1.29, 1.82) is 0 Å². The summed E-state index contributed by atoms with van der Waals surface area (Å²) in [6.45, 7) is 6.29. The number of sulfone groups is 1. The van der Waals surface area contributed by atoms with Crippen molar-refractivity contribution in [1.82, 2.24) is 20.3 Å². The van der Waals surface area contributed by atoms with Gasteiger partial charge in [-0.3, -0.25) is 0 Å². The standard InChI is InChI=1S/C25H30N6O4S/c1-4-13-26-25(32)27-19-11-9-18(10-12-19)22-28-23(20-7-5-6-8-21(20)36(3,33)34)30-24(29-22)31-14-15-35-16-17(31)2/h5-12,17H,4,13-16H2,1-3H3,(H2,26,27,32). The van der Waals surface area contributed by atoms with Gasteiger partial charge in [-0.25, -0.2) is 18.2 Å². The molecule has 36 heavy (non-hydrogen) atoms. The van der Waals surface area contributed by atoms with Crippen LogP contribution in [0.5, 0.6) is 0 Å². The van der Waals surface area contributed by atoms with E-state index in [1.54, 1.807) is 36.4 Å². The third-order valence-electron chi connectivity index (χ3n) is 5.71. The third kappa shape index (κ3) is 5.97. The van der Waals surface area contributed by atoms with E-state index in [-0.39, 0.29) is 22.8 Å². The predicted octanol–water partition coefficient (Wildman–Crippen LogP) is 3.37. The molecule has 1 aromatic heterocycles. The van der Waals surface area contributed by atoms with E-state index >= 15 is 0 Å². The summed E-state index contributed by atoms with van der Waals surface area (Å²) < 4.78 is 30.5. The number of hydrogen-bond acceptors (Lipinski definition) is 8. The highest BCUT2D eigenvalue weighted by atomic mass is 32.2. The molecule has 1 aliphatic heterocycles. The maximum Gasteiger partial charge on any atom is 0.319 e. The van der Waals surface area contributed by atoms with Gasteiger partial charge in [0.25, 0.3) is 0 Å². The molecule has 1 aliphatic rings. The van der Waals surface area contributed by atoms with Crippen LogP contribution < -0.4 is 15.5 Å². The Kier molecular flexibility index (Phi) is 7.80. The lowest BCUT2D eigenvalue weighted by atomic mass is 10.1. The Morgan fingerprint density at radius 1 is 1.08 bits per heavy atom. The van der Waals surface area contributed by atoms with Crippen LogP contribution >= 0.6 is 0 Å². The number of carbonyl (C=O) groups excluding carboxylic acids is 1. The summed E-state index contributed by atoms with van der Waals surface area (Å²) in [5.74, 6) is 1.13. The fraction of sp³-hybridized carbons (Fsp3) is 0.360. The molecule has 4 rings (SSSR count). The number of rotatable bonds is 7. The van der Waals surface area contributed by atoms with Crippen molar-refractivity contribution in [3.05, 3.63) is 48.5 Å². The van der Waals surface area contributed by atoms with Gasteiger partial charge in [-0.05, 0) is 49.7 Å². The summed E-state index contributed by atoms with van der Waals surface area (Å²) >= 11 is 0. The number of nitrogens with one attached hydrogen (secondary N) is 2. The second-order valence-corrected chi connectivity index (χ2v) is 10.6. The van der Waals surface area contributed by atoms with Crippen LogP contribution in [0.2, 0.25) is 0 Å². The fourth-order valence-electron chi connectivity index (χ4n) is 3.86. The fourth-order valence-corrected chi connectivity index (χ4v) is 4.74. The lowest BCUT2D eigenvalue weighted by Crippen LogP contribution is -2.44. The van der Waals surface area contributed by atoms with Crippen LogP contribution in [-0.2, 0) is 14.6 Å². The summed E-state index contributed by atoms with van der Waals surface area (Å²) in [6, 6.07) is 13.6. The molecule has 2 amide bonds. The first-order valence-corrected chi connectivity index (χ1v) is 13.7. The first-order chi connectivity index (χ1) is 17.3. The molecule has 2 heterocycles. The number of urea groups is 1. The minimum absolute atomic E-state index is 0.0419. The number of amides is 2. The van der Waals surface area contributed by atoms with Crippen LogP contribution in [0.3, 0.4) is 0 Å². The molecule has 1 atom stereocenters. The van der Waals surface area contributed by atoms with Gasteiger partial charge in [0.05, 0.1) is 24.2 Å². The molecule has 10 nitrogen and oxygen atoms in total. The molecule has 0 aliphatic carbocycles. The number of hydrogen-bond donors (Lipinski definition) is 2. The number of nitrogens with zero attached hydrogens (tertiary/aromatic N) is 4. The zero-order valence-corrected chi connectivity index (χ0v) is 21.4. The lowest BCUT2D eigenvalue weighted by molar-refractivity contribution is 0.0981. The van der Waals surface area contributed by atoms with E-state index in [4.69, 9.17) is 9.72 Å². The maximum atomic E-state index is 12.5. The highest BCUT2D eigenvalue weighted by molar-refractivity contribution is 7.90. The van der Waals surface area contributed by atoms with Gasteiger partial charge in [0.15, 0.2) is 21.5 Å². The summed E-state index contributed by atoms with van der Waals surface area (Å²) in [4.78, 5) is 28.2. The Morgan fingerprint density at radius 3 is 2.50 bits per heavy atom. The number of aromatic nitrogens is 3. The van der Waals surface area contributed by atoms with Crippen molar-refractivity contribution < 1.29 is 17.9 Å². The molecule has 0 bridgehead atoms. The summed E-state index contributed by atoms with van der Waals surface area (Å²) in [7, 11) is -3.51. The predicted molar refractivity (Wildman–Crippen MR) is 139 cm³/mol. The maximum absolute atomic E-state index is 12.5. The molecule has 0 radical (unpaired) electrons. The SMILES string of the molecule is CCCNC(=O)Nc1ccc(-c2nc(-c3ccccc3S(C)(=O)=O)nc(N3CCOCC3C)n2)cc1. The van der Waals surface area contributed by atoms with Gasteiger partial charge < -0.3 is 20.3 Å². The highest BCUT2D eigenvalue weighted by Gasteiger charge is 2.25. The smallest absolute Gasteiger partial charge is 0.319 e. The van der Waals surface area contributed by atoms with Crippen molar-refractivity contribution in [2.45, 2.75) is 31.2 Å². The molecule has 2 N–H and O–H groups in total. The van der Waals surface area contributed by atoms with Crippen molar-refractivity contribution >= 4 is 27.5 Å². The zero-order valence-electron chi connectivity index (χ0n) is 20.6. The Labute approximate surface area is 211 Å². The average Bonchev–Trinajstić information content (AvgIpc) is 2.87. The van der Waals surface area contributed by atoms with Gasteiger partial charge in [-0.1, -0.05) is 19.1 Å². The van der Waals surface area contributed by atoms with Gasteiger partial charge >= 0.3 is 6.03 Å². The minimum Gasteiger partial charge on any atom is -0.377 e. The molecule has 2 aromatic carbocycles. The Bertz CT molecular complexity index is 1330. The Hall–Kier alpha value is -3.57. The van der Waals surface area contributed by atoms with Crippen LogP contribution in [0.4, 0.5) is 16.4 Å². The van der Waals surface area contributed by atoms with Gasteiger partial charge in [-0.2, -0.15) is 9.97 Å². The second kappa shape index (κ2) is 11.0. The minimum atomic E-state index is -3.51. The van der Waals surface area contributed by atoms with E-state index in [1.807, 2.05) is 30.9 Å². The first-order valence-electron chi connectivity index (χ1n) is 11.8. The molecule has 1 saturated heterocycles. The number of anilines is 2. The quantitative estimate of drug-likeness (QED) is 0.495. The molecule has 0 spiro atoms. The molecular formula is C25H30N6O4S. The number of carbonyl (C=O) groups is 1. The normalized spacial score (nSPS) is 16.0. The Balaban J connectivity index is 1.76. The summed E-state index contributed by atoms with van der Waals surface area (Å²) in [5.41, 5.74) is 1.75. The molecule has 1 fully saturated rings. The van der Waals surface area contributed by atoms with Crippen LogP contribution in [-0.4, -0.2) is 68.0 Å². The summed E-state index contributed by atoms with van der Waals surface area (Å²) in [5, 5.41) is 5.56. The molecule has 1 unspecified atom stereocenters. The topological polar surface area (TPSA) is 126 Å². The van der Waals surface area contributed by atoms with E-state index in [0.717, 1.165) is 6.42 Å². The first kappa shape index (κ1) is 25.5. The van der Waals surface area contributed by atoms with E-state index in [2.05, 4.69) is 20.6 Å². The number of morpholine rings is 1.